The standard InChI is InChI=1S/C25H26O6/c1-15(2)20(27)11-13-25(3)12-10-18-23(30)19(14-22(29)24(18)31-25)21(28)9-6-16-4-7-17(26)8-5-16/h4-10,12,14,20,26-27,29-30H,1,11,13H2,2-3H3. The van der Waals surface area contributed by atoms with Gasteiger partial charge in [-0.15, -0.1) is 0 Å². The first-order chi connectivity index (χ1) is 14.6. The highest BCUT2D eigenvalue weighted by Gasteiger charge is 2.32. The van der Waals surface area contributed by atoms with Gasteiger partial charge in [-0.3, -0.25) is 4.79 Å². The topological polar surface area (TPSA) is 107 Å². The van der Waals surface area contributed by atoms with Gasteiger partial charge in [-0.05, 0) is 68.7 Å². The van der Waals surface area contributed by atoms with Gasteiger partial charge in [-0.2, -0.15) is 0 Å². The summed E-state index contributed by atoms with van der Waals surface area (Å²) in [5.74, 6) is -0.825. The molecule has 0 spiro atoms. The zero-order chi connectivity index (χ0) is 22.8. The number of hydrogen-bond acceptors (Lipinski definition) is 6. The van der Waals surface area contributed by atoms with Crippen LogP contribution in [0.1, 0.15) is 48.2 Å². The van der Waals surface area contributed by atoms with Crippen molar-refractivity contribution < 1.29 is 30.0 Å². The van der Waals surface area contributed by atoms with E-state index < -0.39 is 17.5 Å². The van der Waals surface area contributed by atoms with E-state index in [1.807, 2.05) is 6.92 Å². The van der Waals surface area contributed by atoms with Gasteiger partial charge in [0.05, 0.1) is 17.2 Å². The lowest BCUT2D eigenvalue weighted by atomic mass is 9.91. The van der Waals surface area contributed by atoms with Crippen LogP contribution in [0, 0.1) is 0 Å². The number of aliphatic hydroxyl groups excluding tert-OH is 1. The lowest BCUT2D eigenvalue weighted by molar-refractivity contribution is 0.0974. The molecule has 0 saturated carbocycles. The van der Waals surface area contributed by atoms with E-state index in [1.54, 1.807) is 37.3 Å². The number of aliphatic hydroxyl groups is 1. The van der Waals surface area contributed by atoms with Gasteiger partial charge in [0.25, 0.3) is 0 Å². The summed E-state index contributed by atoms with van der Waals surface area (Å²) in [6.07, 6.45) is 6.42. The van der Waals surface area contributed by atoms with Crippen LogP contribution in [0.2, 0.25) is 0 Å². The lowest BCUT2D eigenvalue weighted by Gasteiger charge is -2.33. The zero-order valence-corrected chi connectivity index (χ0v) is 17.5. The Labute approximate surface area is 181 Å². The molecule has 2 unspecified atom stereocenters. The molecule has 0 aliphatic carbocycles. The number of fused-ring (bicyclic) bond motifs is 1. The summed E-state index contributed by atoms with van der Waals surface area (Å²) in [6, 6.07) is 7.47. The SMILES string of the molecule is C=C(C)C(O)CCC1(C)C=Cc2c(O)c(C(=O)C=Cc3ccc(O)cc3)cc(O)c2O1. The van der Waals surface area contributed by atoms with Crippen LogP contribution < -0.4 is 4.74 Å². The predicted molar refractivity (Wildman–Crippen MR) is 119 cm³/mol. The molecule has 1 aliphatic heterocycles. The van der Waals surface area contributed by atoms with Gasteiger partial charge in [-0.1, -0.05) is 30.4 Å². The number of carbonyl (C=O) groups excluding carboxylic acids is 1. The molecule has 6 nitrogen and oxygen atoms in total. The Hall–Kier alpha value is -3.51. The van der Waals surface area contributed by atoms with Gasteiger partial charge in [0, 0.05) is 0 Å². The van der Waals surface area contributed by atoms with Crippen molar-refractivity contribution in [2.75, 3.05) is 0 Å². The maximum Gasteiger partial charge on any atom is 0.189 e. The second kappa shape index (κ2) is 8.70. The number of ether oxygens (including phenoxy) is 1. The van der Waals surface area contributed by atoms with Crippen molar-refractivity contribution in [3.05, 3.63) is 71.3 Å². The monoisotopic (exact) mass is 422 g/mol. The lowest BCUT2D eigenvalue weighted by Crippen LogP contribution is -2.33. The van der Waals surface area contributed by atoms with Crippen LogP contribution in [0.5, 0.6) is 23.0 Å². The summed E-state index contributed by atoms with van der Waals surface area (Å²) in [5.41, 5.74) is 0.731. The smallest absolute Gasteiger partial charge is 0.189 e. The highest BCUT2D eigenvalue weighted by atomic mass is 16.5. The summed E-state index contributed by atoms with van der Waals surface area (Å²) in [6.45, 7) is 7.30. The molecular weight excluding hydrogens is 396 g/mol. The molecule has 2 atom stereocenters. The molecular formula is C25H26O6. The number of hydrogen-bond donors (Lipinski definition) is 4. The Morgan fingerprint density at radius 2 is 1.90 bits per heavy atom. The third-order valence-electron chi connectivity index (χ3n) is 5.28. The number of phenolic OH excluding ortho intramolecular Hbond substituents is 3. The van der Waals surface area contributed by atoms with E-state index in [0.717, 1.165) is 0 Å². The van der Waals surface area contributed by atoms with Gasteiger partial charge >= 0.3 is 0 Å². The van der Waals surface area contributed by atoms with Crippen molar-refractivity contribution in [3.8, 4) is 23.0 Å². The number of carbonyl (C=O) groups is 1. The van der Waals surface area contributed by atoms with Crippen molar-refractivity contribution in [2.45, 2.75) is 38.4 Å². The first-order valence-electron chi connectivity index (χ1n) is 9.92. The van der Waals surface area contributed by atoms with Crippen molar-refractivity contribution in [2.24, 2.45) is 0 Å². The molecule has 0 radical (unpaired) electrons. The van der Waals surface area contributed by atoms with Gasteiger partial charge < -0.3 is 25.2 Å². The highest BCUT2D eigenvalue weighted by molar-refractivity contribution is 6.10. The van der Waals surface area contributed by atoms with Gasteiger partial charge in [0.2, 0.25) is 0 Å². The summed E-state index contributed by atoms with van der Waals surface area (Å²) in [7, 11) is 0. The molecule has 1 aliphatic rings. The normalized spacial score (nSPS) is 18.4. The minimum atomic E-state index is -0.794. The second-order valence-corrected chi connectivity index (χ2v) is 7.97. The minimum absolute atomic E-state index is 0.0548. The fourth-order valence-electron chi connectivity index (χ4n) is 3.29. The van der Waals surface area contributed by atoms with Crippen LogP contribution in [0.15, 0.2) is 54.6 Å². The number of aromatic hydroxyl groups is 3. The molecule has 2 aromatic rings. The fourth-order valence-corrected chi connectivity index (χ4v) is 3.29. The molecule has 0 aromatic heterocycles. The molecule has 6 heteroatoms. The van der Waals surface area contributed by atoms with E-state index in [0.29, 0.717) is 24.0 Å². The summed E-state index contributed by atoms with van der Waals surface area (Å²) in [5, 5.41) is 40.4. The highest BCUT2D eigenvalue weighted by Crippen LogP contribution is 2.46. The van der Waals surface area contributed by atoms with E-state index >= 15 is 0 Å². The summed E-state index contributed by atoms with van der Waals surface area (Å²) < 4.78 is 5.95. The number of phenols is 3. The second-order valence-electron chi connectivity index (χ2n) is 7.97. The van der Waals surface area contributed by atoms with Crippen LogP contribution in [0.4, 0.5) is 0 Å². The number of ketones is 1. The molecule has 162 valence electrons. The zero-order valence-electron chi connectivity index (χ0n) is 17.5. The molecule has 31 heavy (non-hydrogen) atoms. The first kappa shape index (κ1) is 22.2. The Bertz CT molecular complexity index is 1060. The third-order valence-corrected chi connectivity index (χ3v) is 5.28. The van der Waals surface area contributed by atoms with Crippen LogP contribution in [-0.2, 0) is 0 Å². The number of rotatable bonds is 7. The van der Waals surface area contributed by atoms with Crippen molar-refractivity contribution in [1.82, 2.24) is 0 Å². The molecule has 1 heterocycles. The number of benzene rings is 2. The van der Waals surface area contributed by atoms with E-state index in [1.165, 1.54) is 24.3 Å². The molecule has 2 aromatic carbocycles. The Morgan fingerprint density at radius 3 is 2.55 bits per heavy atom. The third kappa shape index (κ3) is 4.98. The van der Waals surface area contributed by atoms with Crippen LogP contribution >= 0.6 is 0 Å². The van der Waals surface area contributed by atoms with Crippen LogP contribution in [0.3, 0.4) is 0 Å². The summed E-state index contributed by atoms with van der Waals surface area (Å²) >= 11 is 0. The molecule has 0 fully saturated rings. The van der Waals surface area contributed by atoms with E-state index in [4.69, 9.17) is 4.74 Å². The quantitative estimate of drug-likeness (QED) is 0.225. The Balaban J connectivity index is 1.83. The summed E-state index contributed by atoms with van der Waals surface area (Å²) in [4.78, 5) is 12.6. The average molecular weight is 422 g/mol. The average Bonchev–Trinajstić information content (AvgIpc) is 2.73. The van der Waals surface area contributed by atoms with Gasteiger partial charge in [-0.25, -0.2) is 0 Å². The fraction of sp³-hybridized carbons (Fsp3) is 0.240. The van der Waals surface area contributed by atoms with Gasteiger partial charge in [0.1, 0.15) is 17.1 Å². The molecule has 4 N–H and O–H groups in total. The van der Waals surface area contributed by atoms with Crippen LogP contribution in [0.25, 0.3) is 12.2 Å². The Morgan fingerprint density at radius 1 is 1.23 bits per heavy atom. The minimum Gasteiger partial charge on any atom is -0.508 e. The molecule has 0 saturated heterocycles. The first-order valence-corrected chi connectivity index (χ1v) is 9.92. The van der Waals surface area contributed by atoms with E-state index in [2.05, 4.69) is 6.58 Å². The maximum absolute atomic E-state index is 12.6. The predicted octanol–water partition coefficient (Wildman–Crippen LogP) is 4.58. The van der Waals surface area contributed by atoms with Crippen LogP contribution in [-0.4, -0.2) is 37.9 Å². The maximum atomic E-state index is 12.6. The van der Waals surface area contributed by atoms with Crippen molar-refractivity contribution >= 4 is 17.9 Å². The van der Waals surface area contributed by atoms with E-state index in [9.17, 15) is 25.2 Å². The van der Waals surface area contributed by atoms with Crippen molar-refractivity contribution in [1.29, 1.82) is 0 Å². The Kier molecular flexibility index (Phi) is 6.22. The van der Waals surface area contributed by atoms with Crippen molar-refractivity contribution in [3.63, 3.8) is 0 Å². The van der Waals surface area contributed by atoms with Gasteiger partial charge in [0.15, 0.2) is 17.3 Å². The largest absolute Gasteiger partial charge is 0.508 e. The molecule has 0 bridgehead atoms. The number of allylic oxidation sites excluding steroid dienone is 1. The van der Waals surface area contributed by atoms with E-state index in [-0.39, 0.29) is 34.1 Å². The molecule has 0 amide bonds. The molecule has 3 rings (SSSR count).